The normalized spacial score (nSPS) is 40.1. The minimum Gasteiger partial charge on any atom is -0.367 e. The van der Waals surface area contributed by atoms with Crippen LogP contribution in [0.2, 0.25) is 0 Å². The highest BCUT2D eigenvalue weighted by Crippen LogP contribution is 2.69. The number of azo groups is 1. The van der Waals surface area contributed by atoms with E-state index in [0.29, 0.717) is 0 Å². The molecule has 2 fully saturated rings. The molecule has 2 bridgehead atoms. The van der Waals surface area contributed by atoms with Crippen LogP contribution in [0.4, 0.5) is 5.69 Å². The number of rotatable bonds is 2. The minimum atomic E-state index is -0.980. The largest absolute Gasteiger partial charge is 0.367 e. The molecular formula is C16H22N2O. The zero-order valence-electron chi connectivity index (χ0n) is 11.9. The Balaban J connectivity index is 1.89. The molecule has 19 heavy (non-hydrogen) atoms. The lowest BCUT2D eigenvalue weighted by atomic mass is 9.71. The molecule has 0 radical (unpaired) electrons. The molecule has 1 N–H and O–H groups in total. The maximum absolute atomic E-state index is 10.9. The maximum Gasteiger partial charge on any atom is 0.180 e. The van der Waals surface area contributed by atoms with Crippen molar-refractivity contribution in [2.45, 2.75) is 45.8 Å². The highest BCUT2D eigenvalue weighted by molar-refractivity contribution is 5.34. The average molecular weight is 258 g/mol. The van der Waals surface area contributed by atoms with Crippen LogP contribution in [0, 0.1) is 16.7 Å². The van der Waals surface area contributed by atoms with E-state index in [2.05, 4.69) is 31.0 Å². The molecule has 2 aliphatic rings. The van der Waals surface area contributed by atoms with Crippen molar-refractivity contribution >= 4 is 5.69 Å². The number of hydrogen-bond acceptors (Lipinski definition) is 3. The highest BCUT2D eigenvalue weighted by atomic mass is 16.3. The molecule has 3 atom stereocenters. The van der Waals surface area contributed by atoms with Crippen molar-refractivity contribution in [2.75, 3.05) is 0 Å². The van der Waals surface area contributed by atoms with Crippen LogP contribution in [0.1, 0.15) is 40.0 Å². The van der Waals surface area contributed by atoms with Crippen LogP contribution in [0.5, 0.6) is 0 Å². The number of benzene rings is 1. The Morgan fingerprint density at radius 1 is 1.16 bits per heavy atom. The molecule has 3 unspecified atom stereocenters. The van der Waals surface area contributed by atoms with Gasteiger partial charge in [-0.1, -0.05) is 39.0 Å². The molecule has 0 saturated heterocycles. The first-order chi connectivity index (χ1) is 8.87. The topological polar surface area (TPSA) is 45.0 Å². The van der Waals surface area contributed by atoms with Crippen molar-refractivity contribution in [2.24, 2.45) is 27.0 Å². The van der Waals surface area contributed by atoms with E-state index in [1.54, 1.807) is 0 Å². The molecule has 1 aromatic rings. The molecule has 0 heterocycles. The number of nitrogens with zero attached hydrogens (tertiary/aromatic N) is 2. The van der Waals surface area contributed by atoms with Crippen molar-refractivity contribution in [3.05, 3.63) is 30.3 Å². The summed E-state index contributed by atoms with van der Waals surface area (Å²) >= 11 is 0. The predicted molar refractivity (Wildman–Crippen MR) is 75.1 cm³/mol. The Labute approximate surface area is 114 Å². The lowest BCUT2D eigenvalue weighted by molar-refractivity contribution is -0.0256. The Kier molecular flexibility index (Phi) is 2.62. The molecule has 2 saturated carbocycles. The van der Waals surface area contributed by atoms with E-state index in [-0.39, 0.29) is 16.7 Å². The van der Waals surface area contributed by atoms with Gasteiger partial charge in [0.05, 0.1) is 5.69 Å². The fourth-order valence-corrected chi connectivity index (χ4v) is 4.13. The van der Waals surface area contributed by atoms with Gasteiger partial charge in [0.15, 0.2) is 5.72 Å². The van der Waals surface area contributed by atoms with Gasteiger partial charge in [-0.3, -0.25) is 0 Å². The molecule has 3 heteroatoms. The molecule has 0 aromatic heterocycles. The van der Waals surface area contributed by atoms with Crippen LogP contribution in [-0.2, 0) is 0 Å². The summed E-state index contributed by atoms with van der Waals surface area (Å²) in [5, 5.41) is 19.5. The Hall–Kier alpha value is -1.22. The van der Waals surface area contributed by atoms with E-state index in [1.807, 2.05) is 30.3 Å². The van der Waals surface area contributed by atoms with Gasteiger partial charge in [0.1, 0.15) is 0 Å². The minimum absolute atomic E-state index is 0.136. The lowest BCUT2D eigenvalue weighted by Gasteiger charge is -2.33. The first-order valence-corrected chi connectivity index (χ1v) is 7.08. The Morgan fingerprint density at radius 3 is 2.37 bits per heavy atom. The van der Waals surface area contributed by atoms with E-state index in [9.17, 15) is 5.11 Å². The Bertz CT molecular complexity index is 508. The summed E-state index contributed by atoms with van der Waals surface area (Å²) in [6, 6.07) is 9.64. The van der Waals surface area contributed by atoms with Gasteiger partial charge in [0, 0.05) is 12.3 Å². The monoisotopic (exact) mass is 258 g/mol. The third kappa shape index (κ3) is 1.75. The molecule has 1 aromatic carbocycles. The zero-order valence-corrected chi connectivity index (χ0v) is 11.9. The second-order valence-electron chi connectivity index (χ2n) is 6.96. The molecule has 0 aliphatic heterocycles. The van der Waals surface area contributed by atoms with E-state index in [1.165, 1.54) is 6.42 Å². The van der Waals surface area contributed by atoms with Gasteiger partial charge < -0.3 is 5.11 Å². The first-order valence-electron chi connectivity index (χ1n) is 7.08. The molecule has 102 valence electrons. The van der Waals surface area contributed by atoms with E-state index in [0.717, 1.165) is 18.5 Å². The summed E-state index contributed by atoms with van der Waals surface area (Å²) in [4.78, 5) is 0. The molecule has 3 nitrogen and oxygen atoms in total. The predicted octanol–water partition coefficient (Wildman–Crippen LogP) is 4.31. The van der Waals surface area contributed by atoms with Crippen LogP contribution >= 0.6 is 0 Å². The van der Waals surface area contributed by atoms with Gasteiger partial charge in [0.2, 0.25) is 0 Å². The van der Waals surface area contributed by atoms with Crippen LogP contribution in [0.3, 0.4) is 0 Å². The standard InChI is InChI=1S/C16H22N2O/c1-14(2)13-9-10-15(14,3)11-16(13,19)18-17-12-7-5-4-6-8-12/h4-8,13,19H,9-11H2,1-3H3. The SMILES string of the molecule is CC12CCC(C(O)(N=Nc3ccccc3)C1)C2(C)C. The van der Waals surface area contributed by atoms with Crippen molar-refractivity contribution < 1.29 is 5.11 Å². The van der Waals surface area contributed by atoms with Crippen LogP contribution < -0.4 is 0 Å². The Morgan fingerprint density at radius 2 is 1.84 bits per heavy atom. The fourth-order valence-electron chi connectivity index (χ4n) is 4.13. The van der Waals surface area contributed by atoms with Crippen LogP contribution in [0.15, 0.2) is 40.6 Å². The van der Waals surface area contributed by atoms with E-state index < -0.39 is 5.72 Å². The van der Waals surface area contributed by atoms with Gasteiger partial charge in [0.25, 0.3) is 0 Å². The van der Waals surface area contributed by atoms with E-state index >= 15 is 0 Å². The summed E-state index contributed by atoms with van der Waals surface area (Å²) in [6.07, 6.45) is 2.97. The lowest BCUT2D eigenvalue weighted by Crippen LogP contribution is -2.35. The summed E-state index contributed by atoms with van der Waals surface area (Å²) in [7, 11) is 0. The molecule has 0 amide bonds. The van der Waals surface area contributed by atoms with Crippen molar-refractivity contribution in [1.29, 1.82) is 0 Å². The van der Waals surface area contributed by atoms with Gasteiger partial charge in [-0.05, 0) is 35.8 Å². The molecular weight excluding hydrogens is 236 g/mol. The third-order valence-corrected chi connectivity index (χ3v) is 5.71. The summed E-state index contributed by atoms with van der Waals surface area (Å²) in [5.74, 6) is 0.220. The van der Waals surface area contributed by atoms with Crippen LogP contribution in [0.25, 0.3) is 0 Å². The smallest absolute Gasteiger partial charge is 0.180 e. The van der Waals surface area contributed by atoms with Gasteiger partial charge in [-0.25, -0.2) is 0 Å². The summed E-state index contributed by atoms with van der Waals surface area (Å²) in [5.41, 5.74) is 0.146. The molecule has 2 aliphatic carbocycles. The second-order valence-corrected chi connectivity index (χ2v) is 6.96. The number of fused-ring (bicyclic) bond motifs is 2. The molecule has 3 rings (SSSR count). The summed E-state index contributed by atoms with van der Waals surface area (Å²) < 4.78 is 0. The molecule has 0 spiro atoms. The quantitative estimate of drug-likeness (QED) is 0.789. The number of aliphatic hydroxyl groups is 1. The third-order valence-electron chi connectivity index (χ3n) is 5.71. The van der Waals surface area contributed by atoms with Crippen LogP contribution in [-0.4, -0.2) is 10.8 Å². The van der Waals surface area contributed by atoms with E-state index in [4.69, 9.17) is 0 Å². The van der Waals surface area contributed by atoms with Gasteiger partial charge in [-0.2, -0.15) is 10.2 Å². The fraction of sp³-hybridized carbons (Fsp3) is 0.625. The maximum atomic E-state index is 10.9. The highest BCUT2D eigenvalue weighted by Gasteiger charge is 2.67. The average Bonchev–Trinajstić information content (AvgIpc) is 2.67. The van der Waals surface area contributed by atoms with Crippen molar-refractivity contribution in [3.63, 3.8) is 0 Å². The number of hydrogen-bond donors (Lipinski definition) is 1. The van der Waals surface area contributed by atoms with Gasteiger partial charge in [-0.15, -0.1) is 0 Å². The summed E-state index contributed by atoms with van der Waals surface area (Å²) in [6.45, 7) is 6.81. The zero-order chi connectivity index (χ0) is 13.7. The van der Waals surface area contributed by atoms with Crippen molar-refractivity contribution in [1.82, 2.24) is 0 Å². The second kappa shape index (κ2) is 3.89. The van der Waals surface area contributed by atoms with Gasteiger partial charge >= 0.3 is 0 Å². The first kappa shape index (κ1) is 12.8. The van der Waals surface area contributed by atoms with Crippen molar-refractivity contribution in [3.8, 4) is 0 Å².